The van der Waals surface area contributed by atoms with E-state index in [2.05, 4.69) is 0 Å². The van der Waals surface area contributed by atoms with Crippen LogP contribution in [0.4, 0.5) is 0 Å². The Balaban J connectivity index is 1.54. The van der Waals surface area contributed by atoms with Gasteiger partial charge in [-0.15, -0.1) is 0 Å². The Kier molecular flexibility index (Phi) is 6.47. The highest BCUT2D eigenvalue weighted by molar-refractivity contribution is 6.93. The highest BCUT2D eigenvalue weighted by Crippen LogP contribution is 2.28. The van der Waals surface area contributed by atoms with Crippen LogP contribution in [0.25, 0.3) is 0 Å². The first-order valence-corrected chi connectivity index (χ1v) is 15.9. The summed E-state index contributed by atoms with van der Waals surface area (Å²) in [5.41, 5.74) is 6.06. The second kappa shape index (κ2) is 9.25. The molecule has 11 heteroatoms. The predicted molar refractivity (Wildman–Crippen MR) is 139 cm³/mol. The Morgan fingerprint density at radius 3 is 0.824 bits per heavy atom. The molecule has 6 rings (SSSR count). The Morgan fingerprint density at radius 2 is 0.618 bits per heavy atom. The van der Waals surface area contributed by atoms with E-state index in [1.54, 1.807) is 0 Å². The van der Waals surface area contributed by atoms with Crippen LogP contribution in [0.5, 0.6) is 0 Å². The molecule has 3 aromatic carbocycles. The van der Waals surface area contributed by atoms with Gasteiger partial charge in [0.05, 0.1) is 0 Å². The maximum Gasteiger partial charge on any atom is 0.478 e. The minimum atomic E-state index is -3.35. The molecule has 0 aromatic heterocycles. The first-order valence-electron chi connectivity index (χ1n) is 11.5. The van der Waals surface area contributed by atoms with Crippen molar-refractivity contribution in [3.8, 4) is 0 Å². The van der Waals surface area contributed by atoms with Gasteiger partial charge in [-0.05, 0) is 37.2 Å². The van der Waals surface area contributed by atoms with Gasteiger partial charge in [0, 0.05) is 13.1 Å². The summed E-state index contributed by atoms with van der Waals surface area (Å²) in [6.07, 6.45) is 0. The molecule has 0 aliphatic carbocycles. The van der Waals surface area contributed by atoms with Gasteiger partial charge in [0.25, 0.3) is 0 Å². The monoisotopic (exact) mass is 488 g/mol. The molecule has 2 bridgehead atoms. The van der Waals surface area contributed by atoms with E-state index in [0.29, 0.717) is 0 Å². The van der Waals surface area contributed by atoms with Crippen molar-refractivity contribution in [2.75, 3.05) is 0 Å². The average molecular weight is 488 g/mol. The van der Waals surface area contributed by atoms with Crippen molar-refractivity contribution in [1.82, 2.24) is 0 Å². The number of aryl methyl sites for hydroxylation is 3. The van der Waals surface area contributed by atoms with Crippen LogP contribution >= 0.6 is 0 Å². The van der Waals surface area contributed by atoms with Gasteiger partial charge < -0.3 is 26.1 Å². The van der Waals surface area contributed by atoms with Crippen LogP contribution in [-0.2, 0) is 26.1 Å². The first kappa shape index (κ1) is 23.8. The summed E-state index contributed by atoms with van der Waals surface area (Å²) in [7, 11) is -8.84. The van der Waals surface area contributed by atoms with Gasteiger partial charge in [0.1, 0.15) is 0 Å². The smallest absolute Gasteiger partial charge is 0.409 e. The quantitative estimate of drug-likeness (QED) is 0.529. The number of rotatable bonds is 3. The van der Waals surface area contributed by atoms with Crippen LogP contribution < -0.4 is 16.4 Å². The Labute approximate surface area is 204 Å². The van der Waals surface area contributed by atoms with Crippen molar-refractivity contribution in [2.45, 2.75) is 33.9 Å². The van der Waals surface area contributed by atoms with Gasteiger partial charge in [-0.2, -0.15) is 0 Å². The number of fused-ring (bicyclic) bond motifs is 6. The van der Waals surface area contributed by atoms with Gasteiger partial charge in [0.2, 0.25) is 0 Å². The standard InChI is InChI=1S/C23H27B3O6Si2/c1-18-6-12-21(13-7-18)24-27-33(4)29-25(22-14-8-19(2)9-15-22)30-34(5,28-24)32-26(31-33)23-16-10-20(3)11-17-23/h6-17H,1-5H3. The maximum absolute atomic E-state index is 6.54. The summed E-state index contributed by atoms with van der Waals surface area (Å²) >= 11 is 0. The molecule has 0 spiro atoms. The molecule has 172 valence electrons. The van der Waals surface area contributed by atoms with Crippen molar-refractivity contribution >= 4 is 55.4 Å². The Bertz CT molecular complexity index is 981. The molecule has 0 saturated carbocycles. The molecule has 0 atom stereocenters. The fourth-order valence-corrected chi connectivity index (χ4v) is 8.04. The molecule has 3 heterocycles. The minimum absolute atomic E-state index is 0.716. The van der Waals surface area contributed by atoms with E-state index in [4.69, 9.17) is 26.1 Å². The zero-order valence-corrected chi connectivity index (χ0v) is 22.1. The fraction of sp³-hybridized carbons (Fsp3) is 0.217. The SMILES string of the molecule is Cc1ccc(B2O[Si]3(C)OB(c4ccc(C)cc4)O[Si](C)(O2)OB(c2ccc(C)cc2)O3)cc1. The van der Waals surface area contributed by atoms with Gasteiger partial charge >= 0.3 is 39.0 Å². The second-order valence-corrected chi connectivity index (χ2v) is 14.0. The van der Waals surface area contributed by atoms with E-state index in [0.717, 1.165) is 33.1 Å². The van der Waals surface area contributed by atoms with Crippen LogP contribution in [0.2, 0.25) is 13.1 Å². The summed E-state index contributed by atoms with van der Waals surface area (Å²) in [5.74, 6) is 0. The number of benzene rings is 3. The molecule has 3 aromatic rings. The highest BCUT2D eigenvalue weighted by Gasteiger charge is 2.59. The molecule has 3 saturated heterocycles. The van der Waals surface area contributed by atoms with Crippen LogP contribution in [0.15, 0.2) is 72.8 Å². The minimum Gasteiger partial charge on any atom is -0.409 e. The van der Waals surface area contributed by atoms with Crippen LogP contribution in [-0.4, -0.2) is 39.0 Å². The van der Waals surface area contributed by atoms with Crippen LogP contribution in [0.3, 0.4) is 0 Å². The lowest BCUT2D eigenvalue weighted by molar-refractivity contribution is 0.139. The Morgan fingerprint density at radius 1 is 0.412 bits per heavy atom. The summed E-state index contributed by atoms with van der Waals surface area (Å²) in [6, 6.07) is 24.1. The highest BCUT2D eigenvalue weighted by atomic mass is 28.4. The van der Waals surface area contributed by atoms with Crippen molar-refractivity contribution in [3.05, 3.63) is 89.5 Å². The van der Waals surface area contributed by atoms with Crippen molar-refractivity contribution in [2.24, 2.45) is 0 Å². The van der Waals surface area contributed by atoms with E-state index in [1.165, 1.54) is 0 Å². The maximum atomic E-state index is 6.54. The second-order valence-electron chi connectivity index (χ2n) is 9.16. The van der Waals surface area contributed by atoms with Crippen molar-refractivity contribution < 1.29 is 26.1 Å². The zero-order chi connectivity index (χ0) is 23.9. The molecule has 3 aliphatic heterocycles. The third-order valence-corrected chi connectivity index (χ3v) is 9.83. The predicted octanol–water partition coefficient (Wildman–Crippen LogP) is 2.36. The molecule has 6 nitrogen and oxygen atoms in total. The normalized spacial score (nSPS) is 25.1. The van der Waals surface area contributed by atoms with E-state index >= 15 is 0 Å². The van der Waals surface area contributed by atoms with E-state index in [1.807, 2.05) is 107 Å². The van der Waals surface area contributed by atoms with Gasteiger partial charge in [0.15, 0.2) is 0 Å². The van der Waals surface area contributed by atoms with Gasteiger partial charge in [-0.25, -0.2) is 0 Å². The van der Waals surface area contributed by atoms with Crippen molar-refractivity contribution in [3.63, 3.8) is 0 Å². The number of hydrogen-bond donors (Lipinski definition) is 0. The van der Waals surface area contributed by atoms with Gasteiger partial charge in [-0.3, -0.25) is 0 Å². The molecule has 34 heavy (non-hydrogen) atoms. The molecule has 3 aliphatic rings. The first-order chi connectivity index (χ1) is 16.2. The summed E-state index contributed by atoms with van der Waals surface area (Å²) < 4.78 is 39.2. The summed E-state index contributed by atoms with van der Waals surface area (Å²) in [4.78, 5) is 0. The lowest BCUT2D eigenvalue weighted by Crippen LogP contribution is -2.72. The Hall–Kier alpha value is -1.95. The molecular weight excluding hydrogens is 461 g/mol. The lowest BCUT2D eigenvalue weighted by Gasteiger charge is -2.45. The molecule has 0 amide bonds. The van der Waals surface area contributed by atoms with Crippen molar-refractivity contribution in [1.29, 1.82) is 0 Å². The van der Waals surface area contributed by atoms with Crippen LogP contribution in [0, 0.1) is 20.8 Å². The van der Waals surface area contributed by atoms with Gasteiger partial charge in [-0.1, -0.05) is 89.5 Å². The van der Waals surface area contributed by atoms with Crippen LogP contribution in [0.1, 0.15) is 16.7 Å². The van der Waals surface area contributed by atoms with E-state index < -0.39 is 39.0 Å². The number of hydrogen-bond acceptors (Lipinski definition) is 6. The van der Waals surface area contributed by atoms with E-state index in [9.17, 15) is 0 Å². The van der Waals surface area contributed by atoms with E-state index in [-0.39, 0.29) is 0 Å². The summed E-state index contributed by atoms with van der Waals surface area (Å²) in [5, 5.41) is 0. The third-order valence-electron chi connectivity index (χ3n) is 5.98. The molecule has 0 radical (unpaired) electrons. The lowest BCUT2D eigenvalue weighted by atomic mass is 9.80. The molecule has 0 N–H and O–H groups in total. The fourth-order valence-electron chi connectivity index (χ4n) is 3.98. The average Bonchev–Trinajstić information content (AvgIpc) is 2.77. The largest absolute Gasteiger partial charge is 0.478 e. The summed E-state index contributed by atoms with van der Waals surface area (Å²) in [6.45, 7) is 9.86. The molecular formula is C23H27B3O6Si2. The topological polar surface area (TPSA) is 55.4 Å². The zero-order valence-electron chi connectivity index (χ0n) is 20.1. The third kappa shape index (κ3) is 5.17. The molecule has 0 unspecified atom stereocenters. The molecule has 3 fully saturated rings.